The summed E-state index contributed by atoms with van der Waals surface area (Å²) in [5, 5.41) is 0. The third-order valence-electron chi connectivity index (χ3n) is 3.53. The standard InChI is InChI=1S/C15H16FNOS/c1-8-5-11(9(2)19-8)15-7-13(17)12-6-10(16)3-4-14(12)18-15/h3-6,13,15H,7,17H2,1-2H3. The lowest BCUT2D eigenvalue weighted by Crippen LogP contribution is -2.24. The molecular weight excluding hydrogens is 261 g/mol. The average Bonchev–Trinajstić information content (AvgIpc) is 2.69. The molecule has 0 amide bonds. The minimum Gasteiger partial charge on any atom is -0.485 e. The highest BCUT2D eigenvalue weighted by Crippen LogP contribution is 2.42. The first kappa shape index (κ1) is 12.6. The van der Waals surface area contributed by atoms with Gasteiger partial charge in [-0.3, -0.25) is 0 Å². The summed E-state index contributed by atoms with van der Waals surface area (Å²) in [4.78, 5) is 2.54. The highest BCUT2D eigenvalue weighted by atomic mass is 32.1. The summed E-state index contributed by atoms with van der Waals surface area (Å²) in [5.74, 6) is 0.437. The van der Waals surface area contributed by atoms with Crippen LogP contribution in [0.15, 0.2) is 24.3 Å². The van der Waals surface area contributed by atoms with Gasteiger partial charge >= 0.3 is 0 Å². The maximum atomic E-state index is 13.2. The van der Waals surface area contributed by atoms with Crippen LogP contribution in [-0.4, -0.2) is 0 Å². The quantitative estimate of drug-likeness (QED) is 0.854. The smallest absolute Gasteiger partial charge is 0.127 e. The third kappa shape index (κ3) is 2.26. The van der Waals surface area contributed by atoms with E-state index in [0.717, 1.165) is 5.56 Å². The topological polar surface area (TPSA) is 35.2 Å². The Morgan fingerprint density at radius 1 is 1.26 bits per heavy atom. The monoisotopic (exact) mass is 277 g/mol. The predicted octanol–water partition coefficient (Wildman–Crippen LogP) is 4.03. The summed E-state index contributed by atoms with van der Waals surface area (Å²) in [7, 11) is 0. The van der Waals surface area contributed by atoms with Crippen molar-refractivity contribution < 1.29 is 9.13 Å². The number of fused-ring (bicyclic) bond motifs is 1. The fourth-order valence-corrected chi connectivity index (χ4v) is 3.61. The summed E-state index contributed by atoms with van der Waals surface area (Å²) >= 11 is 1.77. The van der Waals surface area contributed by atoms with Crippen molar-refractivity contribution in [2.24, 2.45) is 5.73 Å². The van der Waals surface area contributed by atoms with Crippen molar-refractivity contribution in [3.63, 3.8) is 0 Å². The molecule has 1 aromatic heterocycles. The number of aryl methyl sites for hydroxylation is 2. The van der Waals surface area contributed by atoms with E-state index in [9.17, 15) is 4.39 Å². The van der Waals surface area contributed by atoms with Gasteiger partial charge in [-0.25, -0.2) is 4.39 Å². The summed E-state index contributed by atoms with van der Waals surface area (Å²) in [6.07, 6.45) is 0.658. The fraction of sp³-hybridized carbons (Fsp3) is 0.333. The van der Waals surface area contributed by atoms with Crippen LogP contribution in [0.25, 0.3) is 0 Å². The minimum atomic E-state index is -0.265. The molecule has 2 unspecified atom stereocenters. The molecule has 0 spiro atoms. The second-order valence-electron chi connectivity index (χ2n) is 5.00. The Morgan fingerprint density at radius 3 is 2.74 bits per heavy atom. The van der Waals surface area contributed by atoms with E-state index in [4.69, 9.17) is 10.5 Å². The second kappa shape index (κ2) is 4.62. The van der Waals surface area contributed by atoms with Crippen LogP contribution in [0.4, 0.5) is 4.39 Å². The zero-order valence-electron chi connectivity index (χ0n) is 10.9. The van der Waals surface area contributed by atoms with Gasteiger partial charge < -0.3 is 10.5 Å². The van der Waals surface area contributed by atoms with Crippen LogP contribution in [0.5, 0.6) is 5.75 Å². The molecule has 1 aromatic carbocycles. The minimum absolute atomic E-state index is 0.0297. The van der Waals surface area contributed by atoms with Gasteiger partial charge in [0.05, 0.1) is 0 Å². The SMILES string of the molecule is Cc1cc(C2CC(N)c3cc(F)ccc3O2)c(C)s1. The highest BCUT2D eigenvalue weighted by molar-refractivity contribution is 7.12. The van der Waals surface area contributed by atoms with E-state index in [2.05, 4.69) is 19.9 Å². The molecule has 0 saturated carbocycles. The normalized spacial score (nSPS) is 21.9. The van der Waals surface area contributed by atoms with E-state index in [1.807, 2.05) is 0 Å². The number of benzene rings is 1. The number of hydrogen-bond donors (Lipinski definition) is 1. The molecule has 0 radical (unpaired) electrons. The Kier molecular flexibility index (Phi) is 3.07. The van der Waals surface area contributed by atoms with Crippen LogP contribution >= 0.6 is 11.3 Å². The van der Waals surface area contributed by atoms with E-state index in [0.29, 0.717) is 12.2 Å². The third-order valence-corrected chi connectivity index (χ3v) is 4.52. The van der Waals surface area contributed by atoms with E-state index in [1.54, 1.807) is 17.4 Å². The number of nitrogens with two attached hydrogens (primary N) is 1. The number of halogens is 1. The molecule has 0 saturated heterocycles. The molecule has 2 heterocycles. The molecule has 2 atom stereocenters. The zero-order valence-corrected chi connectivity index (χ0v) is 11.8. The molecule has 2 nitrogen and oxygen atoms in total. The van der Waals surface area contributed by atoms with Gasteiger partial charge in [-0.05, 0) is 38.1 Å². The molecule has 4 heteroatoms. The van der Waals surface area contributed by atoms with E-state index < -0.39 is 0 Å². The Morgan fingerprint density at radius 2 is 2.05 bits per heavy atom. The van der Waals surface area contributed by atoms with Crippen molar-refractivity contribution in [3.05, 3.63) is 51.0 Å². The first-order chi connectivity index (χ1) is 9.04. The van der Waals surface area contributed by atoms with Crippen molar-refractivity contribution in [1.82, 2.24) is 0 Å². The zero-order chi connectivity index (χ0) is 13.6. The Labute approximate surface area is 116 Å². The first-order valence-corrected chi connectivity index (χ1v) is 7.15. The number of rotatable bonds is 1. The van der Waals surface area contributed by atoms with Crippen molar-refractivity contribution in [2.45, 2.75) is 32.4 Å². The maximum absolute atomic E-state index is 13.2. The summed E-state index contributed by atoms with van der Waals surface area (Å²) in [5.41, 5.74) is 8.12. The lowest BCUT2D eigenvalue weighted by Gasteiger charge is -2.30. The Hall–Kier alpha value is -1.39. The van der Waals surface area contributed by atoms with Crippen LogP contribution in [-0.2, 0) is 0 Å². The lowest BCUT2D eigenvalue weighted by molar-refractivity contribution is 0.161. The summed E-state index contributed by atoms with van der Waals surface area (Å²) < 4.78 is 19.2. The van der Waals surface area contributed by atoms with Crippen molar-refractivity contribution in [2.75, 3.05) is 0 Å². The molecule has 19 heavy (non-hydrogen) atoms. The summed E-state index contributed by atoms with van der Waals surface area (Å²) in [6, 6.07) is 6.54. The fourth-order valence-electron chi connectivity index (χ4n) is 2.64. The van der Waals surface area contributed by atoms with Gasteiger partial charge in [0.1, 0.15) is 17.7 Å². The van der Waals surface area contributed by atoms with E-state index in [1.165, 1.54) is 27.5 Å². The average molecular weight is 277 g/mol. The van der Waals surface area contributed by atoms with Crippen molar-refractivity contribution in [1.29, 1.82) is 0 Å². The summed E-state index contributed by atoms with van der Waals surface area (Å²) in [6.45, 7) is 4.19. The largest absolute Gasteiger partial charge is 0.485 e. The van der Waals surface area contributed by atoms with Crippen LogP contribution in [0.2, 0.25) is 0 Å². The molecule has 100 valence electrons. The van der Waals surface area contributed by atoms with Crippen molar-refractivity contribution >= 4 is 11.3 Å². The van der Waals surface area contributed by atoms with Crippen LogP contribution in [0.3, 0.4) is 0 Å². The number of ether oxygens (including phenoxy) is 1. The van der Waals surface area contributed by atoms with Crippen LogP contribution in [0.1, 0.15) is 39.4 Å². The molecule has 2 aromatic rings. The van der Waals surface area contributed by atoms with Crippen LogP contribution in [0, 0.1) is 19.7 Å². The Bertz CT molecular complexity index is 623. The molecule has 0 fully saturated rings. The number of thiophene rings is 1. The van der Waals surface area contributed by atoms with Gasteiger partial charge in [0.2, 0.25) is 0 Å². The van der Waals surface area contributed by atoms with Gasteiger partial charge in [-0.2, -0.15) is 0 Å². The molecule has 0 aliphatic carbocycles. The van der Waals surface area contributed by atoms with E-state index >= 15 is 0 Å². The van der Waals surface area contributed by atoms with E-state index in [-0.39, 0.29) is 18.0 Å². The van der Waals surface area contributed by atoms with Gasteiger partial charge in [0, 0.05) is 33.3 Å². The molecule has 0 bridgehead atoms. The molecule has 3 rings (SSSR count). The van der Waals surface area contributed by atoms with Crippen LogP contribution < -0.4 is 10.5 Å². The Balaban J connectivity index is 1.97. The second-order valence-corrected chi connectivity index (χ2v) is 6.46. The van der Waals surface area contributed by atoms with Gasteiger partial charge in [-0.1, -0.05) is 0 Å². The van der Waals surface area contributed by atoms with Crippen molar-refractivity contribution in [3.8, 4) is 5.75 Å². The molecule has 2 N–H and O–H groups in total. The first-order valence-electron chi connectivity index (χ1n) is 6.33. The molecular formula is C15H16FNOS. The lowest BCUT2D eigenvalue weighted by atomic mass is 9.93. The van der Waals surface area contributed by atoms with Gasteiger partial charge in [-0.15, -0.1) is 11.3 Å². The highest BCUT2D eigenvalue weighted by Gasteiger charge is 2.29. The van der Waals surface area contributed by atoms with Gasteiger partial charge in [0.15, 0.2) is 0 Å². The maximum Gasteiger partial charge on any atom is 0.127 e. The molecule has 1 aliphatic rings. The molecule has 1 aliphatic heterocycles. The number of hydrogen-bond acceptors (Lipinski definition) is 3. The predicted molar refractivity (Wildman–Crippen MR) is 75.1 cm³/mol. The van der Waals surface area contributed by atoms with Gasteiger partial charge in [0.25, 0.3) is 0 Å².